The summed E-state index contributed by atoms with van der Waals surface area (Å²) < 4.78 is 0. The molecule has 0 amide bonds. The fraction of sp³-hybridized carbons (Fsp3) is 0.300. The van der Waals surface area contributed by atoms with Gasteiger partial charge in [0.1, 0.15) is 6.04 Å². The number of hydrogen-bond acceptors (Lipinski definition) is 3. The van der Waals surface area contributed by atoms with E-state index in [0.717, 1.165) is 22.0 Å². The molecule has 4 nitrogen and oxygen atoms in total. The summed E-state index contributed by atoms with van der Waals surface area (Å²) in [5.41, 5.74) is 10.5. The van der Waals surface area contributed by atoms with Crippen LogP contribution in [0.3, 0.4) is 0 Å². The van der Waals surface area contributed by atoms with Crippen molar-refractivity contribution in [3.63, 3.8) is 0 Å². The minimum Gasteiger partial charge on any atom is -0.245 e. The second kappa shape index (κ2) is 4.38. The standard InChI is InChI=1S/C10H10N4S/c1-2-15-10-9(13-14-11)7-5-3-4-6-8(7)12-10/h3-6,9H,2H2,1H3. The van der Waals surface area contributed by atoms with Crippen LogP contribution in [0.2, 0.25) is 0 Å². The van der Waals surface area contributed by atoms with E-state index in [1.807, 2.05) is 24.3 Å². The molecule has 1 atom stereocenters. The maximum absolute atomic E-state index is 8.53. The van der Waals surface area contributed by atoms with Crippen LogP contribution in [0.5, 0.6) is 0 Å². The third kappa shape index (κ3) is 1.84. The molecule has 1 unspecified atom stereocenters. The molecular weight excluding hydrogens is 208 g/mol. The van der Waals surface area contributed by atoms with E-state index in [1.165, 1.54) is 0 Å². The fourth-order valence-electron chi connectivity index (χ4n) is 1.56. The first-order chi connectivity index (χ1) is 7.36. The fourth-order valence-corrected chi connectivity index (χ4v) is 2.35. The van der Waals surface area contributed by atoms with Crippen LogP contribution in [0.15, 0.2) is 34.4 Å². The summed E-state index contributed by atoms with van der Waals surface area (Å²) in [4.78, 5) is 7.34. The lowest BCUT2D eigenvalue weighted by Crippen LogP contribution is -2.00. The van der Waals surface area contributed by atoms with Gasteiger partial charge in [0, 0.05) is 4.91 Å². The number of nitrogens with zero attached hydrogens (tertiary/aromatic N) is 4. The van der Waals surface area contributed by atoms with Crippen molar-refractivity contribution in [2.24, 2.45) is 10.1 Å². The molecule has 1 aliphatic rings. The van der Waals surface area contributed by atoms with Crippen LogP contribution in [0.25, 0.3) is 10.4 Å². The van der Waals surface area contributed by atoms with Gasteiger partial charge in [0.05, 0.1) is 10.7 Å². The van der Waals surface area contributed by atoms with Crippen LogP contribution < -0.4 is 0 Å². The van der Waals surface area contributed by atoms with E-state index in [4.69, 9.17) is 5.53 Å². The van der Waals surface area contributed by atoms with E-state index < -0.39 is 0 Å². The molecule has 1 aromatic carbocycles. The first-order valence-corrected chi connectivity index (χ1v) is 5.70. The molecule has 76 valence electrons. The van der Waals surface area contributed by atoms with Crippen LogP contribution in [0.4, 0.5) is 5.69 Å². The monoisotopic (exact) mass is 218 g/mol. The maximum Gasteiger partial charge on any atom is 0.113 e. The normalized spacial score (nSPS) is 17.9. The number of aliphatic imine (C=N–C) groups is 1. The molecule has 15 heavy (non-hydrogen) atoms. The van der Waals surface area contributed by atoms with Crippen LogP contribution in [-0.4, -0.2) is 10.8 Å². The molecule has 0 radical (unpaired) electrons. The number of hydrogen-bond donors (Lipinski definition) is 0. The Hall–Kier alpha value is -1.45. The van der Waals surface area contributed by atoms with Crippen molar-refractivity contribution in [2.45, 2.75) is 13.0 Å². The van der Waals surface area contributed by atoms with Crippen LogP contribution >= 0.6 is 11.8 Å². The van der Waals surface area contributed by atoms with Crippen LogP contribution in [-0.2, 0) is 0 Å². The van der Waals surface area contributed by atoms with Crippen molar-refractivity contribution in [1.82, 2.24) is 0 Å². The highest BCUT2D eigenvalue weighted by molar-refractivity contribution is 8.14. The summed E-state index contributed by atoms with van der Waals surface area (Å²) in [7, 11) is 0. The van der Waals surface area contributed by atoms with E-state index in [2.05, 4.69) is 21.9 Å². The second-order valence-electron chi connectivity index (χ2n) is 3.05. The lowest BCUT2D eigenvalue weighted by molar-refractivity contribution is 0.984. The van der Waals surface area contributed by atoms with Gasteiger partial charge in [-0.3, -0.25) is 0 Å². The van der Waals surface area contributed by atoms with Gasteiger partial charge in [-0.15, -0.1) is 11.8 Å². The Balaban J connectivity index is 2.42. The van der Waals surface area contributed by atoms with Gasteiger partial charge in [-0.25, -0.2) is 4.99 Å². The molecule has 0 fully saturated rings. The van der Waals surface area contributed by atoms with E-state index >= 15 is 0 Å². The predicted octanol–water partition coefficient (Wildman–Crippen LogP) is 3.83. The largest absolute Gasteiger partial charge is 0.245 e. The van der Waals surface area contributed by atoms with E-state index in [1.54, 1.807) is 11.8 Å². The van der Waals surface area contributed by atoms with Crippen molar-refractivity contribution in [3.8, 4) is 0 Å². The zero-order chi connectivity index (χ0) is 10.7. The molecule has 1 aromatic rings. The molecule has 2 rings (SSSR count). The molecule has 1 aliphatic heterocycles. The molecular formula is C10H10N4S. The van der Waals surface area contributed by atoms with Gasteiger partial charge in [0.15, 0.2) is 0 Å². The number of rotatable bonds is 2. The Morgan fingerprint density at radius 2 is 2.33 bits per heavy atom. The van der Waals surface area contributed by atoms with Gasteiger partial charge in [0.2, 0.25) is 0 Å². The Morgan fingerprint density at radius 1 is 1.53 bits per heavy atom. The van der Waals surface area contributed by atoms with Gasteiger partial charge in [-0.2, -0.15) is 0 Å². The molecule has 0 saturated heterocycles. The third-order valence-corrected chi connectivity index (χ3v) is 3.05. The van der Waals surface area contributed by atoms with Crippen molar-refractivity contribution in [1.29, 1.82) is 0 Å². The average Bonchev–Trinajstić information content (AvgIpc) is 2.59. The summed E-state index contributed by atoms with van der Waals surface area (Å²) >= 11 is 1.63. The molecule has 0 aliphatic carbocycles. The highest BCUT2D eigenvalue weighted by atomic mass is 32.2. The number of thioether (sulfide) groups is 1. The minimum atomic E-state index is -0.226. The Bertz CT molecular complexity index is 448. The Kier molecular flexibility index (Phi) is 2.94. The lowest BCUT2D eigenvalue weighted by atomic mass is 10.1. The second-order valence-corrected chi connectivity index (χ2v) is 4.33. The molecule has 0 N–H and O–H groups in total. The number of benzene rings is 1. The van der Waals surface area contributed by atoms with Gasteiger partial charge in [0.25, 0.3) is 0 Å². The van der Waals surface area contributed by atoms with E-state index in [0.29, 0.717) is 0 Å². The van der Waals surface area contributed by atoms with Crippen molar-refractivity contribution >= 4 is 22.5 Å². The average molecular weight is 218 g/mol. The molecule has 5 heteroatoms. The zero-order valence-corrected chi connectivity index (χ0v) is 9.11. The molecule has 0 aromatic heterocycles. The maximum atomic E-state index is 8.53. The summed E-state index contributed by atoms with van der Waals surface area (Å²) in [5.74, 6) is 0.935. The third-order valence-electron chi connectivity index (χ3n) is 2.16. The first kappa shape index (κ1) is 10.1. The lowest BCUT2D eigenvalue weighted by Gasteiger charge is -2.05. The van der Waals surface area contributed by atoms with Gasteiger partial charge < -0.3 is 0 Å². The van der Waals surface area contributed by atoms with Crippen LogP contribution in [0.1, 0.15) is 18.5 Å². The molecule has 1 heterocycles. The van der Waals surface area contributed by atoms with Crippen molar-refractivity contribution in [3.05, 3.63) is 40.3 Å². The Labute approximate surface area is 92.0 Å². The number of fused-ring (bicyclic) bond motifs is 1. The van der Waals surface area contributed by atoms with Gasteiger partial charge >= 0.3 is 0 Å². The van der Waals surface area contributed by atoms with Crippen molar-refractivity contribution < 1.29 is 0 Å². The Morgan fingerprint density at radius 3 is 3.07 bits per heavy atom. The molecule has 0 spiro atoms. The van der Waals surface area contributed by atoms with E-state index in [-0.39, 0.29) is 6.04 Å². The summed E-state index contributed by atoms with van der Waals surface area (Å²) in [6.45, 7) is 2.06. The molecule has 0 bridgehead atoms. The predicted molar refractivity (Wildman–Crippen MR) is 63.6 cm³/mol. The highest BCUT2D eigenvalue weighted by Crippen LogP contribution is 2.39. The summed E-state index contributed by atoms with van der Waals surface area (Å²) in [6, 6.07) is 7.55. The van der Waals surface area contributed by atoms with Crippen LogP contribution in [0, 0.1) is 0 Å². The quantitative estimate of drug-likeness (QED) is 0.422. The van der Waals surface area contributed by atoms with Crippen molar-refractivity contribution in [2.75, 3.05) is 5.75 Å². The molecule has 0 saturated carbocycles. The zero-order valence-electron chi connectivity index (χ0n) is 8.29. The smallest absolute Gasteiger partial charge is 0.113 e. The van der Waals surface area contributed by atoms with Gasteiger partial charge in [-0.05, 0) is 22.9 Å². The summed E-state index contributed by atoms with van der Waals surface area (Å²) in [6.07, 6.45) is 0. The number of para-hydroxylation sites is 1. The minimum absolute atomic E-state index is 0.226. The number of azide groups is 1. The van der Waals surface area contributed by atoms with Gasteiger partial charge in [-0.1, -0.05) is 30.2 Å². The first-order valence-electron chi connectivity index (χ1n) is 4.71. The summed E-state index contributed by atoms with van der Waals surface area (Å²) in [5, 5.41) is 4.69. The topological polar surface area (TPSA) is 61.1 Å². The SMILES string of the molecule is CCSC1=Nc2ccccc2C1N=[N+]=[N-]. The van der Waals surface area contributed by atoms with E-state index in [9.17, 15) is 0 Å². The highest BCUT2D eigenvalue weighted by Gasteiger charge is 2.25.